The van der Waals surface area contributed by atoms with E-state index in [0.29, 0.717) is 17.1 Å². The summed E-state index contributed by atoms with van der Waals surface area (Å²) in [6.45, 7) is 0.253. The zero-order valence-electron chi connectivity index (χ0n) is 16.6. The monoisotopic (exact) mass is 410 g/mol. The molecule has 1 saturated carbocycles. The van der Waals surface area contributed by atoms with Crippen molar-refractivity contribution in [2.24, 2.45) is 13.0 Å². The molecule has 2 aromatic heterocycles. The third-order valence-corrected chi connectivity index (χ3v) is 5.27. The van der Waals surface area contributed by atoms with E-state index in [1.165, 1.54) is 16.9 Å². The molecule has 30 heavy (non-hydrogen) atoms. The standard InChI is InChI=1S/C21H23FN6O2/c1-27-19(25-20(29)14-6-2-3-7-14)10-18(26-27)21(30)24-16-11-23-28(13-16)12-15-8-4-5-9-17(15)22/h4-5,8-11,13-14H,2-3,6-7,12H2,1H3,(H,24,30)(H,25,29). The maximum atomic E-state index is 13.8. The van der Waals surface area contributed by atoms with Gasteiger partial charge in [0.25, 0.3) is 5.91 Å². The average Bonchev–Trinajstić information content (AvgIpc) is 3.46. The molecule has 1 aromatic carbocycles. The molecule has 0 atom stereocenters. The molecule has 2 heterocycles. The van der Waals surface area contributed by atoms with E-state index in [0.717, 1.165) is 25.7 Å². The van der Waals surface area contributed by atoms with E-state index in [1.54, 1.807) is 42.2 Å². The predicted octanol–water partition coefficient (Wildman–Crippen LogP) is 3.19. The lowest BCUT2D eigenvalue weighted by Crippen LogP contribution is -2.21. The fourth-order valence-corrected chi connectivity index (χ4v) is 3.62. The minimum atomic E-state index is -0.419. The zero-order valence-corrected chi connectivity index (χ0v) is 16.6. The molecule has 2 amide bonds. The Morgan fingerprint density at radius 2 is 1.97 bits per heavy atom. The number of hydrogen-bond donors (Lipinski definition) is 2. The van der Waals surface area contributed by atoms with Gasteiger partial charge in [-0.25, -0.2) is 4.39 Å². The van der Waals surface area contributed by atoms with Crippen LogP contribution in [0.4, 0.5) is 15.9 Å². The van der Waals surface area contributed by atoms with Crippen molar-refractivity contribution in [3.05, 3.63) is 59.8 Å². The summed E-state index contributed by atoms with van der Waals surface area (Å²) in [6, 6.07) is 8.02. The van der Waals surface area contributed by atoms with E-state index in [2.05, 4.69) is 20.8 Å². The summed E-state index contributed by atoms with van der Waals surface area (Å²) >= 11 is 0. The summed E-state index contributed by atoms with van der Waals surface area (Å²) in [4.78, 5) is 24.9. The maximum absolute atomic E-state index is 13.8. The van der Waals surface area contributed by atoms with E-state index in [4.69, 9.17) is 0 Å². The lowest BCUT2D eigenvalue weighted by atomic mass is 10.1. The molecular formula is C21H23FN6O2. The van der Waals surface area contributed by atoms with Crippen LogP contribution in [0.5, 0.6) is 0 Å². The molecular weight excluding hydrogens is 387 g/mol. The fraction of sp³-hybridized carbons (Fsp3) is 0.333. The number of nitrogens with one attached hydrogen (secondary N) is 2. The van der Waals surface area contributed by atoms with Crippen molar-refractivity contribution in [2.45, 2.75) is 32.2 Å². The first kappa shape index (κ1) is 19.8. The Kier molecular flexibility index (Phi) is 5.60. The van der Waals surface area contributed by atoms with Crippen LogP contribution < -0.4 is 10.6 Å². The molecule has 0 spiro atoms. The molecule has 1 aliphatic rings. The molecule has 0 saturated heterocycles. The fourth-order valence-electron chi connectivity index (χ4n) is 3.62. The number of hydrogen-bond acceptors (Lipinski definition) is 4. The number of carbonyl (C=O) groups excluding carboxylic acids is 2. The number of nitrogens with zero attached hydrogens (tertiary/aromatic N) is 4. The number of aromatic nitrogens is 4. The van der Waals surface area contributed by atoms with Crippen molar-refractivity contribution >= 4 is 23.3 Å². The van der Waals surface area contributed by atoms with Gasteiger partial charge in [-0.1, -0.05) is 31.0 Å². The van der Waals surface area contributed by atoms with Gasteiger partial charge in [0.05, 0.1) is 18.4 Å². The molecule has 4 rings (SSSR count). The van der Waals surface area contributed by atoms with E-state index >= 15 is 0 Å². The highest BCUT2D eigenvalue weighted by Crippen LogP contribution is 2.26. The molecule has 2 N–H and O–H groups in total. The Bertz CT molecular complexity index is 1070. The van der Waals surface area contributed by atoms with Crippen molar-refractivity contribution in [1.82, 2.24) is 19.6 Å². The normalized spacial score (nSPS) is 14.1. The number of carbonyl (C=O) groups is 2. The van der Waals surface area contributed by atoms with Crippen LogP contribution in [-0.2, 0) is 18.4 Å². The van der Waals surface area contributed by atoms with Gasteiger partial charge >= 0.3 is 0 Å². The van der Waals surface area contributed by atoms with Crippen molar-refractivity contribution in [3.8, 4) is 0 Å². The van der Waals surface area contributed by atoms with Crippen LogP contribution >= 0.6 is 0 Å². The topological polar surface area (TPSA) is 93.8 Å². The van der Waals surface area contributed by atoms with Crippen LogP contribution in [0.15, 0.2) is 42.7 Å². The molecule has 1 fully saturated rings. The van der Waals surface area contributed by atoms with Crippen LogP contribution in [-0.4, -0.2) is 31.4 Å². The molecule has 0 aliphatic heterocycles. The van der Waals surface area contributed by atoms with E-state index in [9.17, 15) is 14.0 Å². The maximum Gasteiger partial charge on any atom is 0.276 e. The molecule has 1 aliphatic carbocycles. The van der Waals surface area contributed by atoms with Gasteiger partial charge in [-0.2, -0.15) is 10.2 Å². The van der Waals surface area contributed by atoms with Crippen molar-refractivity contribution in [2.75, 3.05) is 10.6 Å². The lowest BCUT2D eigenvalue weighted by Gasteiger charge is -2.09. The molecule has 9 heteroatoms. The smallest absolute Gasteiger partial charge is 0.276 e. The molecule has 0 bridgehead atoms. The van der Waals surface area contributed by atoms with E-state index < -0.39 is 5.91 Å². The Hall–Kier alpha value is -3.49. The average molecular weight is 410 g/mol. The van der Waals surface area contributed by atoms with Gasteiger partial charge in [0.1, 0.15) is 11.6 Å². The Balaban J connectivity index is 1.39. The minimum Gasteiger partial charge on any atom is -0.318 e. The quantitative estimate of drug-likeness (QED) is 0.653. The van der Waals surface area contributed by atoms with Gasteiger partial charge < -0.3 is 10.6 Å². The van der Waals surface area contributed by atoms with Crippen molar-refractivity contribution in [1.29, 1.82) is 0 Å². The van der Waals surface area contributed by atoms with Crippen molar-refractivity contribution < 1.29 is 14.0 Å². The number of halogens is 1. The third kappa shape index (κ3) is 4.40. The molecule has 0 unspecified atom stereocenters. The number of anilines is 2. The minimum absolute atomic E-state index is 0.0254. The Labute approximate surface area is 173 Å². The largest absolute Gasteiger partial charge is 0.318 e. The van der Waals surface area contributed by atoms with Crippen molar-refractivity contribution in [3.63, 3.8) is 0 Å². The summed E-state index contributed by atoms with van der Waals surface area (Å²) in [7, 11) is 1.67. The second-order valence-electron chi connectivity index (χ2n) is 7.48. The summed E-state index contributed by atoms with van der Waals surface area (Å²) in [6.07, 6.45) is 7.05. The SMILES string of the molecule is Cn1nc(C(=O)Nc2cnn(Cc3ccccc3F)c2)cc1NC(=O)C1CCCC1. The van der Waals surface area contributed by atoms with Crippen LogP contribution in [0.3, 0.4) is 0 Å². The number of benzene rings is 1. The molecule has 156 valence electrons. The first-order chi connectivity index (χ1) is 14.5. The number of aryl methyl sites for hydroxylation is 1. The number of amides is 2. The molecule has 0 radical (unpaired) electrons. The summed E-state index contributed by atoms with van der Waals surface area (Å²) in [5, 5.41) is 13.9. The summed E-state index contributed by atoms with van der Waals surface area (Å²) in [5.74, 6) is -0.252. The molecule has 8 nitrogen and oxygen atoms in total. The van der Waals surface area contributed by atoms with Gasteiger partial charge in [-0.3, -0.25) is 19.0 Å². The highest BCUT2D eigenvalue weighted by Gasteiger charge is 2.24. The summed E-state index contributed by atoms with van der Waals surface area (Å²) < 4.78 is 16.8. The van der Waals surface area contributed by atoms with E-state index in [-0.39, 0.29) is 29.9 Å². The highest BCUT2D eigenvalue weighted by molar-refractivity contribution is 6.03. The number of rotatable bonds is 6. The lowest BCUT2D eigenvalue weighted by molar-refractivity contribution is -0.119. The summed E-state index contributed by atoms with van der Waals surface area (Å²) in [5.41, 5.74) is 1.16. The van der Waals surface area contributed by atoms with Crippen LogP contribution in [0.2, 0.25) is 0 Å². The molecule has 3 aromatic rings. The predicted molar refractivity (Wildman–Crippen MR) is 109 cm³/mol. The Morgan fingerprint density at radius 3 is 2.73 bits per heavy atom. The van der Waals surface area contributed by atoms with E-state index in [1.807, 2.05) is 0 Å². The Morgan fingerprint density at radius 1 is 1.20 bits per heavy atom. The van der Waals surface area contributed by atoms with Crippen LogP contribution in [0.1, 0.15) is 41.7 Å². The van der Waals surface area contributed by atoms with Gasteiger partial charge in [0.2, 0.25) is 5.91 Å². The van der Waals surface area contributed by atoms with Gasteiger partial charge in [-0.05, 0) is 18.9 Å². The van der Waals surface area contributed by atoms with Gasteiger partial charge in [0, 0.05) is 30.8 Å². The van der Waals surface area contributed by atoms with Gasteiger partial charge in [0.15, 0.2) is 5.69 Å². The zero-order chi connectivity index (χ0) is 21.1. The first-order valence-electron chi connectivity index (χ1n) is 9.92. The third-order valence-electron chi connectivity index (χ3n) is 5.27. The first-order valence-corrected chi connectivity index (χ1v) is 9.92. The second kappa shape index (κ2) is 8.48. The van der Waals surface area contributed by atoms with Crippen LogP contribution in [0.25, 0.3) is 0 Å². The highest BCUT2D eigenvalue weighted by atomic mass is 19.1. The van der Waals surface area contributed by atoms with Gasteiger partial charge in [-0.15, -0.1) is 0 Å². The van der Waals surface area contributed by atoms with Crippen LogP contribution in [0, 0.1) is 11.7 Å². The second-order valence-corrected chi connectivity index (χ2v) is 7.48.